The van der Waals surface area contributed by atoms with Crippen LogP contribution in [0, 0.1) is 0 Å². The van der Waals surface area contributed by atoms with Crippen LogP contribution in [0.1, 0.15) is 38.2 Å². The number of carbonyl (C=O) groups excluding carboxylic acids is 1. The molecule has 1 aliphatic carbocycles. The van der Waals surface area contributed by atoms with Crippen LogP contribution in [0.4, 0.5) is 0 Å². The topological polar surface area (TPSA) is 107 Å². The first-order valence-electron chi connectivity index (χ1n) is 8.92. The lowest BCUT2D eigenvalue weighted by Gasteiger charge is -2.27. The fraction of sp³-hybridized carbons (Fsp3) is 0.500. The molecule has 1 atom stereocenters. The number of sulfonamides is 1. The highest BCUT2D eigenvalue weighted by Gasteiger charge is 2.38. The quantitative estimate of drug-likeness (QED) is 0.748. The number of carbonyl (C=O) groups is 2. The third-order valence-electron chi connectivity index (χ3n) is 4.86. The third kappa shape index (κ3) is 3.97. The number of hydrogen-bond donors (Lipinski definition) is 1. The van der Waals surface area contributed by atoms with Gasteiger partial charge in [-0.15, -0.1) is 4.40 Å². The first-order valence-corrected chi connectivity index (χ1v) is 10.4. The average Bonchev–Trinajstić information content (AvgIpc) is 3.40. The van der Waals surface area contributed by atoms with E-state index < -0.39 is 22.0 Å². The molecule has 146 valence electrons. The lowest BCUT2D eigenvalue weighted by Crippen LogP contribution is -2.44. The second-order valence-corrected chi connectivity index (χ2v) is 8.53. The summed E-state index contributed by atoms with van der Waals surface area (Å²) in [5.41, 5.74) is 0.561. The van der Waals surface area contributed by atoms with Crippen LogP contribution < -0.4 is 0 Å². The molecule has 0 radical (unpaired) electrons. The Morgan fingerprint density at radius 3 is 2.59 bits per heavy atom. The Morgan fingerprint density at radius 1 is 1.30 bits per heavy atom. The maximum Gasteiger partial charge on any atom is 0.326 e. The van der Waals surface area contributed by atoms with E-state index in [0.717, 1.165) is 12.8 Å². The summed E-state index contributed by atoms with van der Waals surface area (Å²) in [6.07, 6.45) is 2.37. The van der Waals surface area contributed by atoms with E-state index in [1.807, 2.05) is 0 Å². The monoisotopic (exact) mass is 393 g/mol. The first-order chi connectivity index (χ1) is 12.7. The Kier molecular flexibility index (Phi) is 5.23. The van der Waals surface area contributed by atoms with Gasteiger partial charge in [-0.3, -0.25) is 4.79 Å². The molecular weight excluding hydrogens is 370 g/mol. The van der Waals surface area contributed by atoms with Gasteiger partial charge in [-0.05, 0) is 38.3 Å². The van der Waals surface area contributed by atoms with Crippen LogP contribution >= 0.6 is 0 Å². The molecule has 1 fully saturated rings. The van der Waals surface area contributed by atoms with Gasteiger partial charge >= 0.3 is 5.97 Å². The van der Waals surface area contributed by atoms with Gasteiger partial charge in [0.05, 0.1) is 0 Å². The van der Waals surface area contributed by atoms with Gasteiger partial charge in [-0.2, -0.15) is 8.42 Å². The highest BCUT2D eigenvalue weighted by atomic mass is 32.2. The standard InChI is InChI=1S/C18H23N3O5S/c1-12(18(23)24)21(13-9-10-13)16(22)8-5-11-20(2)17-14-6-3-4-7-15(14)27(25,26)19-17/h3-4,6-7,12-13H,5,8-11H2,1-2H3,(H,23,24). The molecule has 9 heteroatoms. The van der Waals surface area contributed by atoms with Gasteiger partial charge in [0.1, 0.15) is 16.8 Å². The van der Waals surface area contributed by atoms with Crippen LogP contribution in [0.5, 0.6) is 0 Å². The molecule has 2 aliphatic rings. The fourth-order valence-electron chi connectivity index (χ4n) is 3.27. The summed E-state index contributed by atoms with van der Waals surface area (Å²) in [5, 5.41) is 9.20. The van der Waals surface area contributed by atoms with E-state index in [1.54, 1.807) is 30.1 Å². The van der Waals surface area contributed by atoms with Crippen molar-refractivity contribution >= 4 is 27.7 Å². The molecular formula is C18H23N3O5S. The Balaban J connectivity index is 1.61. The van der Waals surface area contributed by atoms with Gasteiger partial charge in [0.15, 0.2) is 0 Å². The van der Waals surface area contributed by atoms with E-state index in [1.165, 1.54) is 17.9 Å². The van der Waals surface area contributed by atoms with Crippen molar-refractivity contribution in [3.63, 3.8) is 0 Å². The van der Waals surface area contributed by atoms with Crippen LogP contribution in [-0.2, 0) is 19.6 Å². The molecule has 0 spiro atoms. The normalized spacial score (nSPS) is 18.4. The van der Waals surface area contributed by atoms with Crippen LogP contribution in [0.2, 0.25) is 0 Å². The SMILES string of the molecule is CC(C(=O)O)N(C(=O)CCCN(C)C1=NS(=O)(=O)c2ccccc21)C1CC1. The maximum absolute atomic E-state index is 12.5. The number of carboxylic acids is 1. The second-order valence-electron chi connectivity index (χ2n) is 6.96. The zero-order valence-corrected chi connectivity index (χ0v) is 16.1. The van der Waals surface area contributed by atoms with Crippen molar-refractivity contribution in [2.24, 2.45) is 4.40 Å². The summed E-state index contributed by atoms with van der Waals surface area (Å²) >= 11 is 0. The first kappa shape index (κ1) is 19.3. The minimum absolute atomic E-state index is 0.0255. The minimum Gasteiger partial charge on any atom is -0.480 e. The predicted octanol–water partition coefficient (Wildman–Crippen LogP) is 1.31. The summed E-state index contributed by atoms with van der Waals surface area (Å²) in [4.78, 5) is 27.1. The van der Waals surface area contributed by atoms with Crippen molar-refractivity contribution in [2.75, 3.05) is 13.6 Å². The van der Waals surface area contributed by atoms with E-state index >= 15 is 0 Å². The predicted molar refractivity (Wildman–Crippen MR) is 99.0 cm³/mol. The van der Waals surface area contributed by atoms with Crippen molar-refractivity contribution in [1.82, 2.24) is 9.80 Å². The largest absolute Gasteiger partial charge is 0.480 e. The molecule has 1 aromatic rings. The van der Waals surface area contributed by atoms with E-state index in [2.05, 4.69) is 4.40 Å². The molecule has 1 aromatic carbocycles. The summed E-state index contributed by atoms with van der Waals surface area (Å²) in [5.74, 6) is -0.812. The molecule has 27 heavy (non-hydrogen) atoms. The van der Waals surface area contributed by atoms with Crippen LogP contribution in [0.3, 0.4) is 0 Å². The molecule has 0 bridgehead atoms. The highest BCUT2D eigenvalue weighted by molar-refractivity contribution is 7.90. The molecule has 1 aliphatic heterocycles. The summed E-state index contributed by atoms with van der Waals surface area (Å²) in [7, 11) is -1.94. The summed E-state index contributed by atoms with van der Waals surface area (Å²) in [6, 6.07) is 5.84. The Labute approximate surface area is 158 Å². The molecule has 1 heterocycles. The van der Waals surface area contributed by atoms with E-state index in [4.69, 9.17) is 0 Å². The van der Waals surface area contributed by atoms with Crippen LogP contribution in [0.15, 0.2) is 33.6 Å². The smallest absolute Gasteiger partial charge is 0.326 e. The zero-order chi connectivity index (χ0) is 19.8. The molecule has 8 nitrogen and oxygen atoms in total. The van der Waals surface area contributed by atoms with Crippen molar-refractivity contribution in [1.29, 1.82) is 0 Å². The molecule has 3 rings (SSSR count). The van der Waals surface area contributed by atoms with Gasteiger partial charge in [-0.25, -0.2) is 4.79 Å². The molecule has 0 aromatic heterocycles. The lowest BCUT2D eigenvalue weighted by molar-refractivity contribution is -0.150. The number of aliphatic carboxylic acids is 1. The Morgan fingerprint density at radius 2 is 1.96 bits per heavy atom. The maximum atomic E-state index is 12.5. The number of rotatable bonds is 7. The van der Waals surface area contributed by atoms with Crippen LogP contribution in [0.25, 0.3) is 0 Å². The zero-order valence-electron chi connectivity index (χ0n) is 15.3. The van der Waals surface area contributed by atoms with E-state index in [0.29, 0.717) is 24.4 Å². The van der Waals surface area contributed by atoms with Gasteiger partial charge in [0.2, 0.25) is 5.91 Å². The van der Waals surface area contributed by atoms with E-state index in [9.17, 15) is 23.1 Å². The average molecular weight is 393 g/mol. The number of amidine groups is 1. The molecule has 1 unspecified atom stereocenters. The van der Waals surface area contributed by atoms with Crippen molar-refractivity contribution in [3.05, 3.63) is 29.8 Å². The Bertz CT molecular complexity index is 892. The molecule has 1 amide bonds. The number of amides is 1. The number of nitrogens with zero attached hydrogens (tertiary/aromatic N) is 3. The van der Waals surface area contributed by atoms with Gasteiger partial charge in [0.25, 0.3) is 10.0 Å². The third-order valence-corrected chi connectivity index (χ3v) is 6.19. The summed E-state index contributed by atoms with van der Waals surface area (Å²) in [6.45, 7) is 1.97. The number of hydrogen-bond acceptors (Lipinski definition) is 5. The summed E-state index contributed by atoms with van der Waals surface area (Å²) < 4.78 is 28.1. The minimum atomic E-state index is -3.67. The van der Waals surface area contributed by atoms with Crippen molar-refractivity contribution in [3.8, 4) is 0 Å². The fourth-order valence-corrected chi connectivity index (χ4v) is 4.53. The van der Waals surface area contributed by atoms with Crippen molar-refractivity contribution in [2.45, 2.75) is 49.6 Å². The van der Waals surface area contributed by atoms with Gasteiger partial charge in [0, 0.05) is 31.6 Å². The van der Waals surface area contributed by atoms with Crippen molar-refractivity contribution < 1.29 is 23.1 Å². The number of benzene rings is 1. The number of carboxylic acid groups (broad SMARTS) is 1. The lowest BCUT2D eigenvalue weighted by atomic mass is 10.1. The number of fused-ring (bicyclic) bond motifs is 1. The molecule has 0 saturated heterocycles. The second kappa shape index (κ2) is 7.30. The highest BCUT2D eigenvalue weighted by Crippen LogP contribution is 2.30. The van der Waals surface area contributed by atoms with Crippen LogP contribution in [-0.4, -0.2) is 66.7 Å². The Hall–Kier alpha value is -2.42. The molecule has 1 N–H and O–H groups in total. The van der Waals surface area contributed by atoms with E-state index in [-0.39, 0.29) is 23.3 Å². The molecule has 1 saturated carbocycles. The van der Waals surface area contributed by atoms with Gasteiger partial charge in [-0.1, -0.05) is 12.1 Å². The van der Waals surface area contributed by atoms with Gasteiger partial charge < -0.3 is 14.9 Å².